The summed E-state index contributed by atoms with van der Waals surface area (Å²) >= 11 is 1.37. The smallest absolute Gasteiger partial charge is 0.351 e. The summed E-state index contributed by atoms with van der Waals surface area (Å²) in [6.07, 6.45) is 1.09. The van der Waals surface area contributed by atoms with Crippen molar-refractivity contribution >= 4 is 17.6 Å². The van der Waals surface area contributed by atoms with Gasteiger partial charge in [-0.2, -0.15) is 16.7 Å². The molecule has 1 aliphatic rings. The summed E-state index contributed by atoms with van der Waals surface area (Å²) in [5.41, 5.74) is 4.88. The monoisotopic (exact) mass is 273 g/mol. The van der Waals surface area contributed by atoms with Crippen LogP contribution in [0.4, 0.5) is 5.82 Å². The van der Waals surface area contributed by atoms with Crippen molar-refractivity contribution in [2.75, 3.05) is 18.6 Å². The van der Waals surface area contributed by atoms with Gasteiger partial charge in [-0.1, -0.05) is 0 Å². The van der Waals surface area contributed by atoms with Gasteiger partial charge in [-0.15, -0.1) is 0 Å². The maximum atomic E-state index is 11.7. The fraction of sp³-hybridized carbons (Fsp3) is 0.600. The molecule has 1 fully saturated rings. The molecule has 4 atom stereocenters. The summed E-state index contributed by atoms with van der Waals surface area (Å²) in [5, 5.41) is 18.7. The lowest BCUT2D eigenvalue weighted by Gasteiger charge is -2.19. The minimum Gasteiger partial charge on any atom is -0.394 e. The fourth-order valence-corrected chi connectivity index (χ4v) is 2.85. The number of rotatable bonds is 3. The lowest BCUT2D eigenvalue weighted by atomic mass is 10.2. The number of aromatic nitrogens is 2. The van der Waals surface area contributed by atoms with E-state index >= 15 is 0 Å². The number of hydrogen-bond donors (Lipinski definition) is 3. The molecule has 100 valence electrons. The topological polar surface area (TPSA) is 111 Å². The molecule has 1 saturated heterocycles. The Morgan fingerprint density at radius 3 is 2.94 bits per heavy atom. The normalized spacial score (nSPS) is 31.7. The van der Waals surface area contributed by atoms with Gasteiger partial charge in [0.25, 0.3) is 0 Å². The van der Waals surface area contributed by atoms with Gasteiger partial charge < -0.3 is 20.7 Å². The van der Waals surface area contributed by atoms with E-state index in [1.54, 1.807) is 6.26 Å². The Bertz CT molecular complexity index is 480. The van der Waals surface area contributed by atoms with E-state index in [-0.39, 0.29) is 17.7 Å². The van der Waals surface area contributed by atoms with Crippen LogP contribution in [0, 0.1) is 0 Å². The van der Waals surface area contributed by atoms with Crippen LogP contribution < -0.4 is 11.4 Å². The lowest BCUT2D eigenvalue weighted by molar-refractivity contribution is -0.0456. The third-order valence-corrected chi connectivity index (χ3v) is 3.95. The third-order valence-electron chi connectivity index (χ3n) is 2.89. The lowest BCUT2D eigenvalue weighted by Crippen LogP contribution is -2.34. The van der Waals surface area contributed by atoms with Crippen molar-refractivity contribution < 1.29 is 14.9 Å². The summed E-state index contributed by atoms with van der Waals surface area (Å²) in [5.74, 6) is 0.134. The quantitative estimate of drug-likeness (QED) is 0.635. The Hall–Kier alpha value is -1.09. The Morgan fingerprint density at radius 2 is 2.39 bits per heavy atom. The fourth-order valence-electron chi connectivity index (χ4n) is 1.97. The molecule has 7 nitrogen and oxygen atoms in total. The van der Waals surface area contributed by atoms with Crippen molar-refractivity contribution in [1.29, 1.82) is 0 Å². The SMILES string of the molecule is CSC1C(O)[C@@H](CO)O[C@H]1n1ccc(N)nc1=O. The summed E-state index contributed by atoms with van der Waals surface area (Å²) in [4.78, 5) is 15.3. The van der Waals surface area contributed by atoms with Gasteiger partial charge in [0.1, 0.15) is 11.9 Å². The van der Waals surface area contributed by atoms with Crippen molar-refractivity contribution in [3.8, 4) is 0 Å². The molecule has 4 N–H and O–H groups in total. The number of hydrogen-bond acceptors (Lipinski definition) is 7. The van der Waals surface area contributed by atoms with Crippen LogP contribution in [0.5, 0.6) is 0 Å². The first-order chi connectivity index (χ1) is 8.58. The van der Waals surface area contributed by atoms with Crippen LogP contribution in [0.1, 0.15) is 6.23 Å². The Labute approximate surface area is 108 Å². The second-order valence-corrected chi connectivity index (χ2v) is 5.00. The Kier molecular flexibility index (Phi) is 3.91. The molecule has 1 aromatic heterocycles. The number of nitrogens with two attached hydrogens (primary N) is 1. The minimum atomic E-state index is -0.834. The highest BCUT2D eigenvalue weighted by atomic mass is 32.2. The van der Waals surface area contributed by atoms with Gasteiger partial charge >= 0.3 is 5.69 Å². The molecule has 2 rings (SSSR count). The van der Waals surface area contributed by atoms with E-state index in [2.05, 4.69) is 4.98 Å². The highest BCUT2D eigenvalue weighted by molar-refractivity contribution is 7.99. The zero-order valence-electron chi connectivity index (χ0n) is 9.76. The summed E-state index contributed by atoms with van der Waals surface area (Å²) < 4.78 is 6.77. The molecule has 2 heterocycles. The van der Waals surface area contributed by atoms with Gasteiger partial charge in [-0.3, -0.25) is 4.57 Å². The molecule has 0 radical (unpaired) electrons. The molecule has 18 heavy (non-hydrogen) atoms. The molecule has 1 aromatic rings. The van der Waals surface area contributed by atoms with Crippen LogP contribution in [0.2, 0.25) is 0 Å². The van der Waals surface area contributed by atoms with Gasteiger partial charge in [0.2, 0.25) is 0 Å². The van der Waals surface area contributed by atoms with E-state index in [1.807, 2.05) is 0 Å². The maximum Gasteiger partial charge on any atom is 0.351 e. The first-order valence-corrected chi connectivity index (χ1v) is 6.69. The van der Waals surface area contributed by atoms with E-state index < -0.39 is 24.1 Å². The third kappa shape index (κ3) is 2.24. The van der Waals surface area contributed by atoms with Gasteiger partial charge in [0.15, 0.2) is 6.23 Å². The predicted octanol–water partition coefficient (Wildman–Crippen LogP) is -1.19. The van der Waals surface area contributed by atoms with Gasteiger partial charge in [0.05, 0.1) is 18.0 Å². The van der Waals surface area contributed by atoms with Crippen molar-refractivity contribution in [3.63, 3.8) is 0 Å². The van der Waals surface area contributed by atoms with E-state index in [4.69, 9.17) is 15.6 Å². The highest BCUT2D eigenvalue weighted by Gasteiger charge is 2.44. The molecule has 0 amide bonds. The Morgan fingerprint density at radius 1 is 1.67 bits per heavy atom. The molecular formula is C10H15N3O4S. The highest BCUT2D eigenvalue weighted by Crippen LogP contribution is 2.35. The maximum absolute atomic E-state index is 11.7. The predicted molar refractivity (Wildman–Crippen MR) is 67.2 cm³/mol. The van der Waals surface area contributed by atoms with Crippen LogP contribution in [0.3, 0.4) is 0 Å². The summed E-state index contributed by atoms with van der Waals surface area (Å²) in [6.45, 7) is -0.300. The molecule has 0 spiro atoms. The number of anilines is 1. The average molecular weight is 273 g/mol. The number of thioether (sulfide) groups is 1. The summed E-state index contributed by atoms with van der Waals surface area (Å²) in [7, 11) is 0. The molecule has 0 aliphatic carbocycles. The zero-order chi connectivity index (χ0) is 13.3. The Balaban J connectivity index is 2.35. The molecule has 0 aromatic carbocycles. The molecule has 0 bridgehead atoms. The number of aliphatic hydroxyl groups excluding tert-OH is 2. The number of nitrogens with zero attached hydrogens (tertiary/aromatic N) is 2. The van der Waals surface area contributed by atoms with E-state index in [9.17, 15) is 9.90 Å². The average Bonchev–Trinajstić information content (AvgIpc) is 2.65. The van der Waals surface area contributed by atoms with E-state index in [0.29, 0.717) is 0 Å². The van der Waals surface area contributed by atoms with Crippen LogP contribution in [-0.4, -0.2) is 50.1 Å². The first-order valence-electron chi connectivity index (χ1n) is 5.40. The second kappa shape index (κ2) is 5.27. The van der Waals surface area contributed by atoms with E-state index in [0.717, 1.165) is 0 Å². The van der Waals surface area contributed by atoms with Crippen molar-refractivity contribution in [2.45, 2.75) is 23.7 Å². The zero-order valence-corrected chi connectivity index (χ0v) is 10.6. The molecule has 8 heteroatoms. The van der Waals surface area contributed by atoms with Crippen molar-refractivity contribution in [3.05, 3.63) is 22.7 Å². The molecular weight excluding hydrogens is 258 g/mol. The van der Waals surface area contributed by atoms with Gasteiger partial charge in [-0.05, 0) is 12.3 Å². The van der Waals surface area contributed by atoms with E-state index in [1.165, 1.54) is 28.6 Å². The number of aliphatic hydroxyl groups is 2. The second-order valence-electron chi connectivity index (χ2n) is 3.98. The molecule has 2 unspecified atom stereocenters. The standard InChI is InChI=1S/C10H15N3O4S/c1-18-8-7(15)5(4-14)17-9(8)13-3-2-6(11)12-10(13)16/h2-3,5,7-9,14-15H,4H2,1H3,(H2,11,12,16)/t5-,7?,8?,9-/m1/s1. The minimum absolute atomic E-state index is 0.134. The largest absolute Gasteiger partial charge is 0.394 e. The van der Waals surface area contributed by atoms with Crippen LogP contribution in [0.15, 0.2) is 17.1 Å². The summed E-state index contributed by atoms with van der Waals surface area (Å²) in [6, 6.07) is 1.49. The first kappa shape index (κ1) is 13.3. The molecule has 1 aliphatic heterocycles. The van der Waals surface area contributed by atoms with Gasteiger partial charge in [0, 0.05) is 6.20 Å². The van der Waals surface area contributed by atoms with Crippen molar-refractivity contribution in [1.82, 2.24) is 9.55 Å². The molecule has 0 saturated carbocycles. The van der Waals surface area contributed by atoms with Crippen LogP contribution >= 0.6 is 11.8 Å². The van der Waals surface area contributed by atoms with Crippen LogP contribution in [0.25, 0.3) is 0 Å². The van der Waals surface area contributed by atoms with Crippen molar-refractivity contribution in [2.24, 2.45) is 0 Å². The number of ether oxygens (including phenoxy) is 1. The van der Waals surface area contributed by atoms with Crippen LogP contribution in [-0.2, 0) is 4.74 Å². The number of nitrogen functional groups attached to an aromatic ring is 1. The van der Waals surface area contributed by atoms with Gasteiger partial charge in [-0.25, -0.2) is 4.79 Å².